The van der Waals surface area contributed by atoms with Gasteiger partial charge in [0.2, 0.25) is 0 Å². The molecule has 2 rings (SSSR count). The second-order valence-electron chi connectivity index (χ2n) is 8.47. The normalized spacial score (nSPS) is 16.8. The van der Waals surface area contributed by atoms with Crippen LogP contribution < -0.4 is 0 Å². The summed E-state index contributed by atoms with van der Waals surface area (Å²) in [7, 11) is 0. The molecule has 1 aromatic heterocycles. The molecular formula is C24H36N4O8. The van der Waals surface area contributed by atoms with E-state index in [1.165, 1.54) is 0 Å². The Hall–Kier alpha value is -3.09. The molecule has 0 saturated carbocycles. The van der Waals surface area contributed by atoms with Crippen LogP contribution in [0.2, 0.25) is 0 Å². The molecule has 12 nitrogen and oxygen atoms in total. The van der Waals surface area contributed by atoms with E-state index in [1.54, 1.807) is 18.7 Å². The number of carbonyl (C=O) groups excluding carboxylic acids is 2. The van der Waals surface area contributed by atoms with Crippen LogP contribution in [-0.4, -0.2) is 112 Å². The van der Waals surface area contributed by atoms with E-state index in [4.69, 9.17) is 14.6 Å². The average Bonchev–Trinajstić information content (AvgIpc) is 2.79. The first-order valence-corrected chi connectivity index (χ1v) is 12.1. The number of hydrogen-bond acceptors (Lipinski definition) is 10. The maximum atomic E-state index is 12.2. The lowest BCUT2D eigenvalue weighted by Gasteiger charge is -2.33. The molecule has 12 heteroatoms. The minimum absolute atomic E-state index is 0.00936. The van der Waals surface area contributed by atoms with Gasteiger partial charge in [0.1, 0.15) is 6.04 Å². The van der Waals surface area contributed by atoms with Crippen molar-refractivity contribution in [2.24, 2.45) is 0 Å². The Labute approximate surface area is 210 Å². The van der Waals surface area contributed by atoms with Gasteiger partial charge >= 0.3 is 23.9 Å². The number of esters is 2. The number of nitrogens with zero attached hydrogens (tertiary/aromatic N) is 4. The number of ether oxygens (including phenoxy) is 2. The van der Waals surface area contributed by atoms with Gasteiger partial charge in [-0.05, 0) is 32.4 Å². The van der Waals surface area contributed by atoms with Crippen molar-refractivity contribution >= 4 is 23.9 Å². The van der Waals surface area contributed by atoms with Crippen molar-refractivity contribution in [3.8, 4) is 0 Å². The smallest absolute Gasteiger partial charge is 0.320 e. The van der Waals surface area contributed by atoms with E-state index in [2.05, 4.69) is 4.98 Å². The Bertz CT molecular complexity index is 847. The second kappa shape index (κ2) is 15.1. The number of carboxylic acid groups (broad SMARTS) is 2. The number of rotatable bonds is 11. The molecule has 2 heterocycles. The van der Waals surface area contributed by atoms with Crippen LogP contribution in [-0.2, 0) is 41.7 Å². The van der Waals surface area contributed by atoms with Gasteiger partial charge in [-0.1, -0.05) is 6.07 Å². The predicted molar refractivity (Wildman–Crippen MR) is 128 cm³/mol. The maximum absolute atomic E-state index is 12.2. The summed E-state index contributed by atoms with van der Waals surface area (Å²) >= 11 is 0. The van der Waals surface area contributed by atoms with E-state index < -0.39 is 29.9 Å². The molecule has 1 unspecified atom stereocenters. The molecule has 2 N–H and O–H groups in total. The fourth-order valence-corrected chi connectivity index (χ4v) is 4.06. The van der Waals surface area contributed by atoms with E-state index in [-0.39, 0.29) is 52.2 Å². The minimum atomic E-state index is -1.12. The monoisotopic (exact) mass is 508 g/mol. The van der Waals surface area contributed by atoms with Crippen LogP contribution in [0.15, 0.2) is 18.2 Å². The van der Waals surface area contributed by atoms with Gasteiger partial charge < -0.3 is 19.7 Å². The van der Waals surface area contributed by atoms with Crippen molar-refractivity contribution in [1.29, 1.82) is 0 Å². The fourth-order valence-electron chi connectivity index (χ4n) is 4.06. The number of pyridine rings is 1. The maximum Gasteiger partial charge on any atom is 0.320 e. The number of carbonyl (C=O) groups is 4. The lowest BCUT2D eigenvalue weighted by atomic mass is 10.1. The highest BCUT2D eigenvalue weighted by Crippen LogP contribution is 2.13. The molecule has 0 fully saturated rings. The first kappa shape index (κ1) is 29.1. The third-order valence-corrected chi connectivity index (χ3v) is 5.72. The number of fused-ring (bicyclic) bond motifs is 2. The molecule has 0 aromatic carbocycles. The Kier molecular flexibility index (Phi) is 12.2. The minimum Gasteiger partial charge on any atom is -0.481 e. The molecule has 36 heavy (non-hydrogen) atoms. The quantitative estimate of drug-likeness (QED) is 0.399. The van der Waals surface area contributed by atoms with Crippen LogP contribution in [0.5, 0.6) is 0 Å². The molecular weight excluding hydrogens is 472 g/mol. The lowest BCUT2D eigenvalue weighted by Crippen LogP contribution is -2.49. The Morgan fingerprint density at radius 2 is 1.39 bits per heavy atom. The van der Waals surface area contributed by atoms with E-state index in [1.807, 2.05) is 28.0 Å². The second-order valence-corrected chi connectivity index (χ2v) is 8.47. The Balaban J connectivity index is 2.34. The third-order valence-electron chi connectivity index (χ3n) is 5.72. The van der Waals surface area contributed by atoms with Gasteiger partial charge in [0, 0.05) is 45.7 Å². The SMILES string of the molecule is CCOC(=O)CN1CCN(C(CCC(=O)O)C(=O)O)CCN(CC(=O)OCC)Cc2cccc(n2)C1. The summed E-state index contributed by atoms with van der Waals surface area (Å²) < 4.78 is 10.2. The van der Waals surface area contributed by atoms with Gasteiger partial charge in [-0.3, -0.25) is 38.9 Å². The highest BCUT2D eigenvalue weighted by Gasteiger charge is 2.28. The van der Waals surface area contributed by atoms with E-state index >= 15 is 0 Å². The molecule has 2 bridgehead atoms. The van der Waals surface area contributed by atoms with Crippen LogP contribution in [0.25, 0.3) is 0 Å². The molecule has 1 aromatic rings. The van der Waals surface area contributed by atoms with Crippen LogP contribution in [0.4, 0.5) is 0 Å². The molecule has 1 aliphatic rings. The molecule has 0 radical (unpaired) electrons. The predicted octanol–water partition coefficient (Wildman–Crippen LogP) is 0.445. The van der Waals surface area contributed by atoms with Crippen molar-refractivity contribution in [3.63, 3.8) is 0 Å². The highest BCUT2D eigenvalue weighted by molar-refractivity contribution is 5.75. The van der Waals surface area contributed by atoms with Crippen LogP contribution in [0.1, 0.15) is 38.1 Å². The summed E-state index contributed by atoms with van der Waals surface area (Å²) in [5, 5.41) is 19.0. The van der Waals surface area contributed by atoms with Gasteiger partial charge in [0.15, 0.2) is 0 Å². The highest BCUT2D eigenvalue weighted by atomic mass is 16.5. The molecule has 1 atom stereocenters. The van der Waals surface area contributed by atoms with Gasteiger partial charge in [0.25, 0.3) is 0 Å². The zero-order valence-electron chi connectivity index (χ0n) is 20.9. The average molecular weight is 509 g/mol. The molecule has 200 valence electrons. The summed E-state index contributed by atoms with van der Waals surface area (Å²) in [5.41, 5.74) is 1.45. The molecule has 1 aliphatic heterocycles. The van der Waals surface area contributed by atoms with Gasteiger partial charge in [-0.15, -0.1) is 0 Å². The molecule has 0 aliphatic carbocycles. The van der Waals surface area contributed by atoms with E-state index in [0.29, 0.717) is 26.2 Å². The fraction of sp³-hybridized carbons (Fsp3) is 0.625. The number of aliphatic carboxylic acids is 2. The van der Waals surface area contributed by atoms with Gasteiger partial charge in [-0.2, -0.15) is 0 Å². The molecule has 0 spiro atoms. The topological polar surface area (TPSA) is 150 Å². The van der Waals surface area contributed by atoms with Crippen LogP contribution in [0, 0.1) is 0 Å². The largest absolute Gasteiger partial charge is 0.481 e. The number of aromatic nitrogens is 1. The number of carboxylic acids is 2. The van der Waals surface area contributed by atoms with Gasteiger partial charge in [-0.25, -0.2) is 0 Å². The van der Waals surface area contributed by atoms with Crippen molar-refractivity contribution < 1.29 is 38.9 Å². The van der Waals surface area contributed by atoms with Crippen molar-refractivity contribution in [2.75, 3.05) is 52.5 Å². The van der Waals surface area contributed by atoms with Crippen LogP contribution in [0.3, 0.4) is 0 Å². The summed E-state index contributed by atoms with van der Waals surface area (Å²) in [5.74, 6) is -2.99. The van der Waals surface area contributed by atoms with Gasteiger partial charge in [0.05, 0.1) is 37.7 Å². The number of hydrogen-bond donors (Lipinski definition) is 2. The van der Waals surface area contributed by atoms with Crippen LogP contribution >= 0.6 is 0 Å². The van der Waals surface area contributed by atoms with Crippen molar-refractivity contribution in [3.05, 3.63) is 29.6 Å². The zero-order valence-corrected chi connectivity index (χ0v) is 20.9. The van der Waals surface area contributed by atoms with E-state index in [9.17, 15) is 24.3 Å². The standard InChI is InChI=1S/C24H36N4O8/c1-3-35-22(31)16-26-10-12-28(20(24(33)34)8-9-21(29)30)13-11-27(17-23(32)36-4-2)15-19-7-5-6-18(14-26)25-19/h5-7,20H,3-4,8-17H2,1-2H3,(H,29,30)(H,33,34). The Morgan fingerprint density at radius 3 is 1.81 bits per heavy atom. The van der Waals surface area contributed by atoms with Crippen molar-refractivity contribution in [1.82, 2.24) is 19.7 Å². The first-order chi connectivity index (χ1) is 17.2. The lowest BCUT2D eigenvalue weighted by molar-refractivity contribution is -0.147. The molecule has 0 amide bonds. The Morgan fingerprint density at radius 1 is 0.889 bits per heavy atom. The molecule has 0 saturated heterocycles. The zero-order chi connectivity index (χ0) is 26.5. The summed E-state index contributed by atoms with van der Waals surface area (Å²) in [6.45, 7) is 5.84. The van der Waals surface area contributed by atoms with Crippen molar-refractivity contribution in [2.45, 2.75) is 45.8 Å². The third kappa shape index (κ3) is 10.3. The summed E-state index contributed by atoms with van der Waals surface area (Å²) in [4.78, 5) is 57.7. The van der Waals surface area contributed by atoms with E-state index in [0.717, 1.165) is 11.4 Å². The first-order valence-electron chi connectivity index (χ1n) is 12.1. The summed E-state index contributed by atoms with van der Waals surface area (Å²) in [6, 6.07) is 4.52. The summed E-state index contributed by atoms with van der Waals surface area (Å²) in [6.07, 6.45) is -0.359.